The van der Waals surface area contributed by atoms with E-state index in [1.807, 2.05) is 43.3 Å². The first-order chi connectivity index (χ1) is 12.0. The minimum absolute atomic E-state index is 0.227. The Labute approximate surface area is 148 Å². The molecule has 5 nitrogen and oxygen atoms in total. The minimum Gasteiger partial charge on any atom is -0.497 e. The SMILES string of the molecule is COc1cc(OC)cc(C(=O)NCC#Cc2ccc(N(C)C)cc2)c1. The zero-order valence-electron chi connectivity index (χ0n) is 14.9. The first kappa shape index (κ1) is 18.2. The summed E-state index contributed by atoms with van der Waals surface area (Å²) in [5.41, 5.74) is 2.49. The fraction of sp³-hybridized carbons (Fsp3) is 0.250. The second-order valence-corrected chi connectivity index (χ2v) is 5.53. The van der Waals surface area contributed by atoms with Crippen LogP contribution in [-0.2, 0) is 0 Å². The van der Waals surface area contributed by atoms with Gasteiger partial charge in [0.25, 0.3) is 5.91 Å². The van der Waals surface area contributed by atoms with Gasteiger partial charge in [0.1, 0.15) is 11.5 Å². The molecule has 130 valence electrons. The molecule has 25 heavy (non-hydrogen) atoms. The number of hydrogen-bond donors (Lipinski definition) is 1. The summed E-state index contributed by atoms with van der Waals surface area (Å²) in [5, 5.41) is 2.77. The topological polar surface area (TPSA) is 50.8 Å². The van der Waals surface area contributed by atoms with E-state index in [0.29, 0.717) is 17.1 Å². The van der Waals surface area contributed by atoms with Crippen LogP contribution in [0.1, 0.15) is 15.9 Å². The normalized spacial score (nSPS) is 9.60. The van der Waals surface area contributed by atoms with Gasteiger partial charge in [-0.3, -0.25) is 4.79 Å². The number of benzene rings is 2. The predicted octanol–water partition coefficient (Wildman–Crippen LogP) is 2.55. The molecule has 0 aromatic heterocycles. The number of carbonyl (C=O) groups excluding carboxylic acids is 1. The van der Waals surface area contributed by atoms with Gasteiger partial charge in [0.15, 0.2) is 0 Å². The molecule has 0 saturated carbocycles. The molecule has 2 aromatic rings. The molecule has 0 bridgehead atoms. The van der Waals surface area contributed by atoms with Gasteiger partial charge in [0.2, 0.25) is 0 Å². The van der Waals surface area contributed by atoms with Gasteiger partial charge in [0.05, 0.1) is 20.8 Å². The van der Waals surface area contributed by atoms with Gasteiger partial charge < -0.3 is 19.7 Å². The molecule has 0 aliphatic heterocycles. The number of ether oxygens (including phenoxy) is 2. The standard InChI is InChI=1S/C20H22N2O3/c1-22(2)17-9-7-15(8-10-17)6-5-11-21-20(23)16-12-18(24-3)14-19(13-16)25-4/h7-10,12-14H,11H2,1-4H3,(H,21,23). The molecule has 0 unspecified atom stereocenters. The maximum atomic E-state index is 12.2. The summed E-state index contributed by atoms with van der Waals surface area (Å²) in [5.74, 6) is 6.89. The highest BCUT2D eigenvalue weighted by atomic mass is 16.5. The molecule has 0 radical (unpaired) electrons. The molecule has 2 aromatic carbocycles. The van der Waals surface area contributed by atoms with Crippen molar-refractivity contribution < 1.29 is 14.3 Å². The zero-order chi connectivity index (χ0) is 18.2. The Hall–Kier alpha value is -3.13. The van der Waals surface area contributed by atoms with Crippen molar-refractivity contribution in [3.63, 3.8) is 0 Å². The zero-order valence-corrected chi connectivity index (χ0v) is 14.9. The molecular formula is C20H22N2O3. The van der Waals surface area contributed by atoms with E-state index < -0.39 is 0 Å². The lowest BCUT2D eigenvalue weighted by atomic mass is 10.2. The molecule has 5 heteroatoms. The van der Waals surface area contributed by atoms with Crippen LogP contribution in [0.2, 0.25) is 0 Å². The second-order valence-electron chi connectivity index (χ2n) is 5.53. The van der Waals surface area contributed by atoms with Gasteiger partial charge >= 0.3 is 0 Å². The van der Waals surface area contributed by atoms with Crippen molar-refractivity contribution in [2.24, 2.45) is 0 Å². The molecule has 0 heterocycles. The maximum absolute atomic E-state index is 12.2. The largest absolute Gasteiger partial charge is 0.497 e. The molecular weight excluding hydrogens is 316 g/mol. The van der Waals surface area contributed by atoms with Crippen molar-refractivity contribution in [2.75, 3.05) is 39.8 Å². The monoisotopic (exact) mass is 338 g/mol. The van der Waals surface area contributed by atoms with E-state index in [2.05, 4.69) is 17.2 Å². The fourth-order valence-corrected chi connectivity index (χ4v) is 2.15. The average molecular weight is 338 g/mol. The van der Waals surface area contributed by atoms with Crippen molar-refractivity contribution in [3.8, 4) is 23.3 Å². The van der Waals surface area contributed by atoms with Gasteiger partial charge in [-0.1, -0.05) is 11.8 Å². The van der Waals surface area contributed by atoms with E-state index in [0.717, 1.165) is 11.3 Å². The van der Waals surface area contributed by atoms with Crippen LogP contribution in [0.25, 0.3) is 0 Å². The first-order valence-electron chi connectivity index (χ1n) is 7.81. The van der Waals surface area contributed by atoms with Crippen LogP contribution in [0, 0.1) is 11.8 Å². The number of anilines is 1. The minimum atomic E-state index is -0.227. The summed E-state index contributed by atoms with van der Waals surface area (Å²) in [6.45, 7) is 0.258. The molecule has 0 spiro atoms. The molecule has 0 atom stereocenters. The molecule has 0 fully saturated rings. The number of methoxy groups -OCH3 is 2. The number of nitrogens with zero attached hydrogens (tertiary/aromatic N) is 1. The average Bonchev–Trinajstić information content (AvgIpc) is 2.64. The summed E-state index contributed by atoms with van der Waals surface area (Å²) in [4.78, 5) is 14.2. The predicted molar refractivity (Wildman–Crippen MR) is 99.5 cm³/mol. The molecule has 0 aliphatic rings. The lowest BCUT2D eigenvalue weighted by molar-refractivity contribution is 0.0958. The third-order valence-electron chi connectivity index (χ3n) is 3.57. The van der Waals surface area contributed by atoms with Gasteiger partial charge in [-0.2, -0.15) is 0 Å². The van der Waals surface area contributed by atoms with E-state index in [1.54, 1.807) is 32.4 Å². The molecule has 2 rings (SSSR count). The summed E-state index contributed by atoms with van der Waals surface area (Å²) < 4.78 is 10.3. The second kappa shape index (κ2) is 8.65. The van der Waals surface area contributed by atoms with Crippen LogP contribution in [0.3, 0.4) is 0 Å². The number of amides is 1. The summed E-state index contributed by atoms with van der Waals surface area (Å²) in [6.07, 6.45) is 0. The quantitative estimate of drug-likeness (QED) is 0.852. The van der Waals surface area contributed by atoms with Crippen LogP contribution in [0.4, 0.5) is 5.69 Å². The molecule has 0 aliphatic carbocycles. The molecule has 0 saturated heterocycles. The number of hydrogen-bond acceptors (Lipinski definition) is 4. The Kier molecular flexibility index (Phi) is 6.30. The van der Waals surface area contributed by atoms with E-state index in [1.165, 1.54) is 0 Å². The number of nitrogens with one attached hydrogen (secondary N) is 1. The van der Waals surface area contributed by atoms with E-state index in [9.17, 15) is 4.79 Å². The summed E-state index contributed by atoms with van der Waals surface area (Å²) >= 11 is 0. The van der Waals surface area contributed by atoms with Crippen molar-refractivity contribution in [2.45, 2.75) is 0 Å². The highest BCUT2D eigenvalue weighted by molar-refractivity contribution is 5.95. The Bertz CT molecular complexity index is 765. The summed E-state index contributed by atoms with van der Waals surface area (Å²) in [7, 11) is 7.07. The molecule has 1 N–H and O–H groups in total. The highest BCUT2D eigenvalue weighted by Gasteiger charge is 2.08. The lowest BCUT2D eigenvalue weighted by Gasteiger charge is -2.11. The van der Waals surface area contributed by atoms with Crippen LogP contribution in [-0.4, -0.2) is 40.8 Å². The summed E-state index contributed by atoms with van der Waals surface area (Å²) in [6, 6.07) is 13.0. The van der Waals surface area contributed by atoms with Gasteiger partial charge in [-0.15, -0.1) is 0 Å². The molecule has 1 amide bonds. The highest BCUT2D eigenvalue weighted by Crippen LogP contribution is 2.22. The maximum Gasteiger partial charge on any atom is 0.252 e. The fourth-order valence-electron chi connectivity index (χ4n) is 2.15. The van der Waals surface area contributed by atoms with Crippen molar-refractivity contribution >= 4 is 11.6 Å². The lowest BCUT2D eigenvalue weighted by Crippen LogP contribution is -2.23. The number of rotatable bonds is 5. The third-order valence-corrected chi connectivity index (χ3v) is 3.57. The number of carbonyl (C=O) groups is 1. The van der Waals surface area contributed by atoms with Crippen LogP contribution in [0.15, 0.2) is 42.5 Å². The Morgan fingerprint density at radius 1 is 1.04 bits per heavy atom. The smallest absolute Gasteiger partial charge is 0.252 e. The van der Waals surface area contributed by atoms with Crippen LogP contribution in [0.5, 0.6) is 11.5 Å². The van der Waals surface area contributed by atoms with E-state index in [4.69, 9.17) is 9.47 Å². The van der Waals surface area contributed by atoms with Crippen LogP contribution >= 0.6 is 0 Å². The van der Waals surface area contributed by atoms with E-state index in [-0.39, 0.29) is 12.5 Å². The van der Waals surface area contributed by atoms with Gasteiger partial charge in [0, 0.05) is 37.0 Å². The Morgan fingerprint density at radius 2 is 1.64 bits per heavy atom. The van der Waals surface area contributed by atoms with Gasteiger partial charge in [-0.05, 0) is 36.4 Å². The Balaban J connectivity index is 1.97. The van der Waals surface area contributed by atoms with E-state index >= 15 is 0 Å². The Morgan fingerprint density at radius 3 is 2.16 bits per heavy atom. The van der Waals surface area contributed by atoms with Crippen molar-refractivity contribution in [1.29, 1.82) is 0 Å². The van der Waals surface area contributed by atoms with Crippen molar-refractivity contribution in [3.05, 3.63) is 53.6 Å². The first-order valence-corrected chi connectivity index (χ1v) is 7.81. The van der Waals surface area contributed by atoms with Gasteiger partial charge in [-0.25, -0.2) is 0 Å². The third kappa shape index (κ3) is 5.18. The van der Waals surface area contributed by atoms with Crippen molar-refractivity contribution in [1.82, 2.24) is 5.32 Å². The van der Waals surface area contributed by atoms with Crippen LogP contribution < -0.4 is 19.7 Å².